The Bertz CT molecular complexity index is 1170. The summed E-state index contributed by atoms with van der Waals surface area (Å²) < 4.78 is 10.7. The highest BCUT2D eigenvalue weighted by Crippen LogP contribution is 2.44. The largest absolute Gasteiger partial charge is 0.463 e. The van der Waals surface area contributed by atoms with Crippen molar-refractivity contribution in [2.24, 2.45) is 0 Å². The van der Waals surface area contributed by atoms with Crippen LogP contribution in [0.15, 0.2) is 76.0 Å². The van der Waals surface area contributed by atoms with Gasteiger partial charge in [-0.15, -0.1) is 11.8 Å². The van der Waals surface area contributed by atoms with Gasteiger partial charge in [0.15, 0.2) is 0 Å². The summed E-state index contributed by atoms with van der Waals surface area (Å²) in [6, 6.07) is 16.7. The highest BCUT2D eigenvalue weighted by Gasteiger charge is 2.42. The lowest BCUT2D eigenvalue weighted by atomic mass is 9.81. The molecular formula is C28H31NO4S. The van der Waals surface area contributed by atoms with Gasteiger partial charge in [0.1, 0.15) is 6.61 Å². The number of allylic oxidation sites excluding steroid dienone is 1. The summed E-state index contributed by atoms with van der Waals surface area (Å²) in [7, 11) is 0. The molecule has 0 bridgehead atoms. The van der Waals surface area contributed by atoms with Gasteiger partial charge >= 0.3 is 11.9 Å². The molecule has 2 aliphatic heterocycles. The van der Waals surface area contributed by atoms with E-state index in [1.165, 1.54) is 11.1 Å². The molecule has 0 amide bonds. The molecule has 1 N–H and O–H groups in total. The highest BCUT2D eigenvalue weighted by atomic mass is 32.2. The number of carbonyl (C=O) groups is 2. The summed E-state index contributed by atoms with van der Waals surface area (Å²) >= 11 is 1.70. The maximum Gasteiger partial charge on any atom is 0.337 e. The summed E-state index contributed by atoms with van der Waals surface area (Å²) in [5, 5.41) is 3.20. The number of cyclic esters (lactones) is 1. The number of esters is 2. The lowest BCUT2D eigenvalue weighted by Gasteiger charge is -2.28. The summed E-state index contributed by atoms with van der Waals surface area (Å²) in [6.07, 6.45) is 0. The number of hydrogen-bond donors (Lipinski definition) is 1. The second-order valence-corrected chi connectivity index (χ2v) is 10.6. The quantitative estimate of drug-likeness (QED) is 0.431. The van der Waals surface area contributed by atoms with Gasteiger partial charge in [-0.1, -0.05) is 63.2 Å². The van der Waals surface area contributed by atoms with Crippen molar-refractivity contribution in [3.63, 3.8) is 0 Å². The van der Waals surface area contributed by atoms with Gasteiger partial charge in [0, 0.05) is 16.3 Å². The lowest BCUT2D eigenvalue weighted by molar-refractivity contribution is -0.138. The molecule has 0 aliphatic carbocycles. The third kappa shape index (κ3) is 4.78. The van der Waals surface area contributed by atoms with Gasteiger partial charge in [-0.05, 0) is 42.0 Å². The molecule has 0 saturated carbocycles. The fourth-order valence-corrected chi connectivity index (χ4v) is 5.41. The van der Waals surface area contributed by atoms with E-state index in [2.05, 4.69) is 50.4 Å². The summed E-state index contributed by atoms with van der Waals surface area (Å²) in [6.45, 7) is 10.7. The van der Waals surface area contributed by atoms with Crippen molar-refractivity contribution >= 4 is 23.7 Å². The van der Waals surface area contributed by atoms with E-state index in [4.69, 9.17) is 9.47 Å². The molecule has 5 nitrogen and oxygen atoms in total. The van der Waals surface area contributed by atoms with Crippen LogP contribution >= 0.6 is 11.8 Å². The van der Waals surface area contributed by atoms with Crippen LogP contribution in [0.25, 0.3) is 0 Å². The Labute approximate surface area is 205 Å². The van der Waals surface area contributed by atoms with Gasteiger partial charge in [0.25, 0.3) is 0 Å². The molecule has 34 heavy (non-hydrogen) atoms. The van der Waals surface area contributed by atoms with Gasteiger partial charge in [-0.2, -0.15) is 0 Å². The van der Waals surface area contributed by atoms with Crippen molar-refractivity contribution < 1.29 is 19.1 Å². The fraction of sp³-hybridized carbons (Fsp3) is 0.357. The van der Waals surface area contributed by atoms with Crippen molar-refractivity contribution in [3.8, 4) is 0 Å². The van der Waals surface area contributed by atoms with Gasteiger partial charge in [-0.25, -0.2) is 9.59 Å². The van der Waals surface area contributed by atoms with E-state index in [0.717, 1.165) is 21.9 Å². The maximum atomic E-state index is 13.0. The van der Waals surface area contributed by atoms with Gasteiger partial charge < -0.3 is 14.8 Å². The molecule has 0 fully saturated rings. The van der Waals surface area contributed by atoms with Crippen LogP contribution in [-0.2, 0) is 30.2 Å². The van der Waals surface area contributed by atoms with Crippen molar-refractivity contribution in [2.75, 3.05) is 13.2 Å². The van der Waals surface area contributed by atoms with Crippen LogP contribution in [0.2, 0.25) is 0 Å². The van der Waals surface area contributed by atoms with Crippen LogP contribution in [0.1, 0.15) is 57.2 Å². The number of thioether (sulfide) groups is 1. The van der Waals surface area contributed by atoms with E-state index in [9.17, 15) is 9.59 Å². The third-order valence-corrected chi connectivity index (χ3v) is 7.31. The Kier molecular flexibility index (Phi) is 6.89. The van der Waals surface area contributed by atoms with E-state index in [1.54, 1.807) is 18.7 Å². The zero-order valence-electron chi connectivity index (χ0n) is 20.4. The number of rotatable bonds is 6. The molecule has 6 heteroatoms. The first kappa shape index (κ1) is 24.1. The first-order valence-electron chi connectivity index (χ1n) is 11.6. The van der Waals surface area contributed by atoms with Crippen LogP contribution < -0.4 is 5.32 Å². The minimum absolute atomic E-state index is 0.113. The summed E-state index contributed by atoms with van der Waals surface area (Å²) in [4.78, 5) is 26.7. The standard InChI is InChI=1S/C28H31NO4S/c1-6-32-26(30)23-17(2)29-21-15-33-27(31)25(21)24(23)20-9-7-8-10-22(20)34-16-18-11-13-19(14-12-18)28(3,4)5/h7-14,24,29H,6,15-16H2,1-5H3. The zero-order valence-corrected chi connectivity index (χ0v) is 21.2. The van der Waals surface area contributed by atoms with E-state index in [-0.39, 0.29) is 24.6 Å². The molecule has 0 aromatic heterocycles. The third-order valence-electron chi connectivity index (χ3n) is 6.15. The van der Waals surface area contributed by atoms with Crippen molar-refractivity contribution in [1.29, 1.82) is 0 Å². The molecule has 2 aromatic carbocycles. The molecular weight excluding hydrogens is 446 g/mol. The van der Waals surface area contributed by atoms with Crippen molar-refractivity contribution in [3.05, 3.63) is 87.8 Å². The average molecular weight is 478 g/mol. The zero-order chi connectivity index (χ0) is 24.5. The second kappa shape index (κ2) is 9.71. The average Bonchev–Trinajstić information content (AvgIpc) is 3.17. The van der Waals surface area contributed by atoms with E-state index < -0.39 is 11.9 Å². The fourth-order valence-electron chi connectivity index (χ4n) is 4.37. The smallest absolute Gasteiger partial charge is 0.337 e. The Balaban J connectivity index is 1.68. The van der Waals surface area contributed by atoms with E-state index in [1.807, 2.05) is 31.2 Å². The van der Waals surface area contributed by atoms with Crippen LogP contribution in [0.3, 0.4) is 0 Å². The molecule has 4 rings (SSSR count). The predicted octanol–water partition coefficient (Wildman–Crippen LogP) is 5.61. The number of ether oxygens (including phenoxy) is 2. The first-order chi connectivity index (χ1) is 16.2. The van der Waals surface area contributed by atoms with Gasteiger partial charge in [0.05, 0.1) is 29.4 Å². The van der Waals surface area contributed by atoms with Crippen LogP contribution in [0, 0.1) is 0 Å². The predicted molar refractivity (Wildman–Crippen MR) is 134 cm³/mol. The molecule has 2 heterocycles. The number of hydrogen-bond acceptors (Lipinski definition) is 6. The molecule has 1 atom stereocenters. The second-order valence-electron chi connectivity index (χ2n) is 9.56. The lowest BCUT2D eigenvalue weighted by Crippen LogP contribution is -2.30. The maximum absolute atomic E-state index is 13.0. The topological polar surface area (TPSA) is 64.6 Å². The first-order valence-corrected chi connectivity index (χ1v) is 12.6. The Morgan fingerprint density at radius 2 is 1.85 bits per heavy atom. The Hall–Kier alpha value is -2.99. The number of nitrogens with one attached hydrogen (secondary N) is 1. The van der Waals surface area contributed by atoms with Crippen LogP contribution in [0.4, 0.5) is 0 Å². The van der Waals surface area contributed by atoms with Gasteiger partial charge in [-0.3, -0.25) is 0 Å². The molecule has 178 valence electrons. The highest BCUT2D eigenvalue weighted by molar-refractivity contribution is 7.98. The SMILES string of the molecule is CCOC(=O)C1=C(C)NC2=C(C(=O)OC2)C1c1ccccc1SCc1ccc(C(C)(C)C)cc1. The monoisotopic (exact) mass is 477 g/mol. The minimum atomic E-state index is -0.530. The van der Waals surface area contributed by atoms with Crippen molar-refractivity contribution in [2.45, 2.75) is 56.6 Å². The molecule has 2 aliphatic rings. The van der Waals surface area contributed by atoms with E-state index >= 15 is 0 Å². The number of benzene rings is 2. The number of carbonyl (C=O) groups excluding carboxylic acids is 2. The Morgan fingerprint density at radius 3 is 2.53 bits per heavy atom. The normalized spacial score (nSPS) is 17.9. The minimum Gasteiger partial charge on any atom is -0.463 e. The molecule has 2 aromatic rings. The van der Waals surface area contributed by atoms with E-state index in [0.29, 0.717) is 16.8 Å². The molecule has 0 saturated heterocycles. The Morgan fingerprint density at radius 1 is 1.15 bits per heavy atom. The molecule has 0 radical (unpaired) electrons. The number of dihydropyridines is 1. The molecule has 0 spiro atoms. The van der Waals surface area contributed by atoms with Gasteiger partial charge in [0.2, 0.25) is 0 Å². The van der Waals surface area contributed by atoms with Crippen LogP contribution in [-0.4, -0.2) is 25.2 Å². The summed E-state index contributed by atoms with van der Waals surface area (Å²) in [5.41, 5.74) is 5.91. The summed E-state index contributed by atoms with van der Waals surface area (Å²) in [5.74, 6) is -0.557. The van der Waals surface area contributed by atoms with Crippen LogP contribution in [0.5, 0.6) is 0 Å². The van der Waals surface area contributed by atoms with Crippen molar-refractivity contribution in [1.82, 2.24) is 5.32 Å². The molecule has 1 unspecified atom stereocenters.